The van der Waals surface area contributed by atoms with Crippen molar-refractivity contribution in [1.29, 1.82) is 0 Å². The van der Waals surface area contributed by atoms with Crippen LogP contribution in [0.1, 0.15) is 18.4 Å². The number of nitrogens with one attached hydrogen (secondary N) is 1. The number of oxazole rings is 1. The Hall–Kier alpha value is -3.22. The van der Waals surface area contributed by atoms with Crippen molar-refractivity contribution in [2.75, 3.05) is 19.5 Å². The average Bonchev–Trinajstić information content (AvgIpc) is 2.98. The molecule has 0 bridgehead atoms. The van der Waals surface area contributed by atoms with E-state index in [2.05, 4.69) is 5.32 Å². The standard InChI is InChI=1S/C20H22N2O5/c1-13-11-17(25-2)18(26-3)12-14(13)21-19(23)9-6-10-22-15-7-4-5-8-16(15)27-20(22)24/h4-5,7-8,11-12H,6,9-10H2,1-3H3,(H,21,23). The molecule has 0 fully saturated rings. The Balaban J connectivity index is 1.63. The number of nitrogens with zero attached hydrogens (tertiary/aromatic N) is 1. The van der Waals surface area contributed by atoms with E-state index in [1.807, 2.05) is 31.2 Å². The van der Waals surface area contributed by atoms with Crippen LogP contribution in [0.2, 0.25) is 0 Å². The van der Waals surface area contributed by atoms with Crippen LogP contribution in [0.4, 0.5) is 5.69 Å². The van der Waals surface area contributed by atoms with E-state index in [1.165, 1.54) is 0 Å². The van der Waals surface area contributed by atoms with Gasteiger partial charge in [-0.3, -0.25) is 9.36 Å². The summed E-state index contributed by atoms with van der Waals surface area (Å²) in [4.78, 5) is 24.3. The number of carbonyl (C=O) groups excluding carboxylic acids is 1. The predicted octanol–water partition coefficient (Wildman–Crippen LogP) is 3.34. The second kappa shape index (κ2) is 7.99. The Morgan fingerprint density at radius 1 is 1.15 bits per heavy atom. The highest BCUT2D eigenvalue weighted by molar-refractivity contribution is 5.92. The fraction of sp³-hybridized carbons (Fsp3) is 0.300. The number of hydrogen-bond acceptors (Lipinski definition) is 5. The molecule has 0 spiro atoms. The van der Waals surface area contributed by atoms with Crippen LogP contribution in [0.25, 0.3) is 11.1 Å². The van der Waals surface area contributed by atoms with Gasteiger partial charge in [0.05, 0.1) is 19.7 Å². The van der Waals surface area contributed by atoms with Gasteiger partial charge in [0.1, 0.15) is 0 Å². The third-order valence-corrected chi connectivity index (χ3v) is 4.36. The van der Waals surface area contributed by atoms with Crippen molar-refractivity contribution in [3.8, 4) is 11.5 Å². The van der Waals surface area contributed by atoms with Crippen LogP contribution >= 0.6 is 0 Å². The van der Waals surface area contributed by atoms with Crippen molar-refractivity contribution in [1.82, 2.24) is 4.57 Å². The summed E-state index contributed by atoms with van der Waals surface area (Å²) in [6, 6.07) is 10.8. The second-order valence-corrected chi connectivity index (χ2v) is 6.16. The van der Waals surface area contributed by atoms with E-state index in [9.17, 15) is 9.59 Å². The Kier molecular flexibility index (Phi) is 5.49. The van der Waals surface area contributed by atoms with Crippen LogP contribution in [-0.4, -0.2) is 24.7 Å². The molecule has 7 nitrogen and oxygen atoms in total. The van der Waals surface area contributed by atoms with Gasteiger partial charge in [-0.1, -0.05) is 12.1 Å². The molecule has 3 rings (SSSR count). The molecule has 0 aliphatic carbocycles. The number of rotatable bonds is 7. The fourth-order valence-corrected chi connectivity index (χ4v) is 2.95. The van der Waals surface area contributed by atoms with Crippen LogP contribution in [-0.2, 0) is 11.3 Å². The fourth-order valence-electron chi connectivity index (χ4n) is 2.95. The molecule has 0 aliphatic heterocycles. The number of aryl methyl sites for hydroxylation is 2. The maximum atomic E-state index is 12.3. The Bertz CT molecular complexity index is 1020. The molecular formula is C20H22N2O5. The molecule has 3 aromatic rings. The van der Waals surface area contributed by atoms with Crippen molar-refractivity contribution in [2.45, 2.75) is 26.3 Å². The monoisotopic (exact) mass is 370 g/mol. The molecule has 1 N–H and O–H groups in total. The average molecular weight is 370 g/mol. The van der Waals surface area contributed by atoms with E-state index in [0.717, 1.165) is 11.1 Å². The molecule has 1 heterocycles. The van der Waals surface area contributed by atoms with Gasteiger partial charge in [-0.15, -0.1) is 0 Å². The minimum absolute atomic E-state index is 0.133. The predicted molar refractivity (Wildman–Crippen MR) is 103 cm³/mol. The molecule has 142 valence electrons. The van der Waals surface area contributed by atoms with Crippen LogP contribution in [0.3, 0.4) is 0 Å². The zero-order chi connectivity index (χ0) is 19.4. The maximum absolute atomic E-state index is 12.3. The van der Waals surface area contributed by atoms with Gasteiger partial charge in [0, 0.05) is 24.7 Å². The first-order chi connectivity index (χ1) is 13.0. The Labute approximate surface area is 156 Å². The van der Waals surface area contributed by atoms with E-state index in [0.29, 0.717) is 35.7 Å². The Morgan fingerprint density at radius 2 is 1.85 bits per heavy atom. The third kappa shape index (κ3) is 3.97. The molecule has 0 aliphatic rings. The number of para-hydroxylation sites is 2. The van der Waals surface area contributed by atoms with Crippen molar-refractivity contribution in [3.63, 3.8) is 0 Å². The van der Waals surface area contributed by atoms with Gasteiger partial charge in [0.15, 0.2) is 17.1 Å². The van der Waals surface area contributed by atoms with Crippen molar-refractivity contribution in [2.24, 2.45) is 0 Å². The van der Waals surface area contributed by atoms with E-state index >= 15 is 0 Å². The summed E-state index contributed by atoms with van der Waals surface area (Å²) in [6.07, 6.45) is 0.793. The molecule has 27 heavy (non-hydrogen) atoms. The lowest BCUT2D eigenvalue weighted by Gasteiger charge is -2.13. The van der Waals surface area contributed by atoms with Crippen LogP contribution in [0, 0.1) is 6.92 Å². The van der Waals surface area contributed by atoms with Gasteiger partial charge in [-0.2, -0.15) is 0 Å². The smallest absolute Gasteiger partial charge is 0.419 e. The van der Waals surface area contributed by atoms with Gasteiger partial charge < -0.3 is 19.2 Å². The normalized spacial score (nSPS) is 10.8. The summed E-state index contributed by atoms with van der Waals surface area (Å²) in [6.45, 7) is 2.29. The highest BCUT2D eigenvalue weighted by atomic mass is 16.5. The molecule has 0 saturated heterocycles. The molecule has 2 aromatic carbocycles. The third-order valence-electron chi connectivity index (χ3n) is 4.36. The topological polar surface area (TPSA) is 82.7 Å². The molecule has 0 radical (unpaired) electrons. The molecular weight excluding hydrogens is 348 g/mol. The molecule has 0 unspecified atom stereocenters. The number of methoxy groups -OCH3 is 2. The van der Waals surface area contributed by atoms with Gasteiger partial charge in [0.2, 0.25) is 5.91 Å². The summed E-state index contributed by atoms with van der Waals surface area (Å²) in [5.41, 5.74) is 2.83. The highest BCUT2D eigenvalue weighted by Gasteiger charge is 2.12. The number of carbonyl (C=O) groups is 1. The lowest BCUT2D eigenvalue weighted by Crippen LogP contribution is -2.17. The molecule has 0 saturated carbocycles. The van der Waals surface area contributed by atoms with Crippen molar-refractivity contribution >= 4 is 22.7 Å². The first-order valence-corrected chi connectivity index (χ1v) is 8.64. The van der Waals surface area contributed by atoms with E-state index < -0.39 is 5.76 Å². The number of hydrogen-bond donors (Lipinski definition) is 1. The number of benzene rings is 2. The quantitative estimate of drug-likeness (QED) is 0.690. The van der Waals surface area contributed by atoms with Crippen LogP contribution < -0.4 is 20.5 Å². The van der Waals surface area contributed by atoms with Gasteiger partial charge in [0.25, 0.3) is 0 Å². The lowest BCUT2D eigenvalue weighted by molar-refractivity contribution is -0.116. The highest BCUT2D eigenvalue weighted by Crippen LogP contribution is 2.32. The molecule has 1 aromatic heterocycles. The van der Waals surface area contributed by atoms with Crippen molar-refractivity contribution < 1.29 is 18.7 Å². The summed E-state index contributed by atoms with van der Waals surface area (Å²) < 4.78 is 17.3. The molecule has 0 atom stereocenters. The van der Waals surface area contributed by atoms with E-state index in [4.69, 9.17) is 13.9 Å². The maximum Gasteiger partial charge on any atom is 0.419 e. The lowest BCUT2D eigenvalue weighted by atomic mass is 10.1. The van der Waals surface area contributed by atoms with E-state index in [-0.39, 0.29) is 12.3 Å². The SMILES string of the molecule is COc1cc(C)c(NC(=O)CCCn2c(=O)oc3ccccc32)cc1OC. The summed E-state index contributed by atoms with van der Waals surface area (Å²) >= 11 is 0. The van der Waals surface area contributed by atoms with Crippen molar-refractivity contribution in [3.05, 3.63) is 52.5 Å². The first-order valence-electron chi connectivity index (χ1n) is 8.64. The summed E-state index contributed by atoms with van der Waals surface area (Å²) in [7, 11) is 3.11. The number of fused-ring (bicyclic) bond motifs is 1. The van der Waals surface area contributed by atoms with Gasteiger partial charge >= 0.3 is 5.76 Å². The Morgan fingerprint density at radius 3 is 2.59 bits per heavy atom. The van der Waals surface area contributed by atoms with Crippen LogP contribution in [0.5, 0.6) is 11.5 Å². The van der Waals surface area contributed by atoms with Gasteiger partial charge in [-0.05, 0) is 37.1 Å². The minimum Gasteiger partial charge on any atom is -0.493 e. The molecule has 1 amide bonds. The number of anilines is 1. The zero-order valence-corrected chi connectivity index (χ0v) is 15.6. The minimum atomic E-state index is -0.410. The van der Waals surface area contributed by atoms with Gasteiger partial charge in [-0.25, -0.2) is 4.79 Å². The second-order valence-electron chi connectivity index (χ2n) is 6.16. The van der Waals surface area contributed by atoms with Crippen LogP contribution in [0.15, 0.2) is 45.6 Å². The summed E-state index contributed by atoms with van der Waals surface area (Å²) in [5.74, 6) is 0.618. The largest absolute Gasteiger partial charge is 0.493 e. The number of aromatic nitrogens is 1. The summed E-state index contributed by atoms with van der Waals surface area (Å²) in [5, 5.41) is 2.88. The molecule has 7 heteroatoms. The number of amides is 1. The first kappa shape index (κ1) is 18.6. The zero-order valence-electron chi connectivity index (χ0n) is 15.6. The number of ether oxygens (including phenoxy) is 2. The van der Waals surface area contributed by atoms with E-state index in [1.54, 1.807) is 30.9 Å².